The number of carboxylic acids is 1. The molecule has 6 aromatic rings. The minimum Gasteiger partial charge on any atom is -0.478 e. The number of imidazole rings is 1. The molecule has 6 rings (SSSR count). The lowest BCUT2D eigenvalue weighted by molar-refractivity contribution is 0.0697. The van der Waals surface area contributed by atoms with E-state index in [0.717, 1.165) is 56.9 Å². The normalized spacial score (nSPS) is 11.6. The van der Waals surface area contributed by atoms with Crippen LogP contribution in [0.3, 0.4) is 0 Å². The van der Waals surface area contributed by atoms with Crippen molar-refractivity contribution in [1.82, 2.24) is 19.7 Å². The van der Waals surface area contributed by atoms with Crippen molar-refractivity contribution in [2.45, 2.75) is 33.7 Å². The van der Waals surface area contributed by atoms with E-state index in [1.807, 2.05) is 72.8 Å². The fourth-order valence-electron chi connectivity index (χ4n) is 5.35. The van der Waals surface area contributed by atoms with Crippen LogP contribution in [0.4, 0.5) is 0 Å². The molecule has 0 saturated heterocycles. The van der Waals surface area contributed by atoms with Crippen molar-refractivity contribution in [2.75, 3.05) is 0 Å². The number of carbonyl (C=O) groups is 1. The second-order valence-corrected chi connectivity index (χ2v) is 11.7. The van der Waals surface area contributed by atoms with Crippen LogP contribution in [0.15, 0.2) is 109 Å². The third-order valence-corrected chi connectivity index (χ3v) is 7.29. The number of fused-ring (bicyclic) bond motifs is 1. The van der Waals surface area contributed by atoms with E-state index in [4.69, 9.17) is 15.2 Å². The van der Waals surface area contributed by atoms with Crippen LogP contribution in [0.25, 0.3) is 44.7 Å². The zero-order chi connectivity index (χ0) is 29.3. The van der Waals surface area contributed by atoms with Crippen molar-refractivity contribution in [3.8, 4) is 33.6 Å². The van der Waals surface area contributed by atoms with Crippen LogP contribution in [0, 0.1) is 5.41 Å². The third kappa shape index (κ3) is 5.44. The van der Waals surface area contributed by atoms with E-state index in [9.17, 15) is 9.90 Å². The molecule has 0 bridgehead atoms. The summed E-state index contributed by atoms with van der Waals surface area (Å²) in [6.45, 7) is 7.25. The fraction of sp³-hybridized carbons (Fsp3) is 0.167. The van der Waals surface area contributed by atoms with Gasteiger partial charge in [-0.3, -0.25) is 0 Å². The van der Waals surface area contributed by atoms with Crippen LogP contribution < -0.4 is 0 Å². The van der Waals surface area contributed by atoms with E-state index in [-0.39, 0.29) is 11.0 Å². The molecule has 0 aliphatic rings. The lowest BCUT2D eigenvalue weighted by atomic mass is 9.92. The Morgan fingerprint density at radius 1 is 0.714 bits per heavy atom. The number of rotatable bonds is 7. The second kappa shape index (κ2) is 11.1. The van der Waals surface area contributed by atoms with Crippen molar-refractivity contribution in [3.63, 3.8) is 0 Å². The highest BCUT2D eigenvalue weighted by molar-refractivity contribution is 5.98. The summed E-state index contributed by atoms with van der Waals surface area (Å²) >= 11 is 0. The van der Waals surface area contributed by atoms with Gasteiger partial charge < -0.3 is 9.67 Å². The van der Waals surface area contributed by atoms with E-state index in [2.05, 4.69) is 49.6 Å². The second-order valence-electron chi connectivity index (χ2n) is 11.7. The highest BCUT2D eigenvalue weighted by atomic mass is 16.4. The van der Waals surface area contributed by atoms with Crippen LogP contribution in [0.1, 0.15) is 42.5 Å². The number of nitrogens with zero attached hydrogens (tertiary/aromatic N) is 4. The van der Waals surface area contributed by atoms with Gasteiger partial charge in [0.15, 0.2) is 0 Å². The van der Waals surface area contributed by atoms with Crippen molar-refractivity contribution in [2.24, 2.45) is 5.41 Å². The molecule has 0 saturated carbocycles. The molecule has 0 amide bonds. The average Bonchev–Trinajstić information content (AvgIpc) is 3.34. The van der Waals surface area contributed by atoms with Gasteiger partial charge in [0.2, 0.25) is 0 Å². The molecule has 6 nitrogen and oxygen atoms in total. The Morgan fingerprint density at radius 3 is 1.90 bits per heavy atom. The molecule has 0 aliphatic heterocycles. The summed E-state index contributed by atoms with van der Waals surface area (Å²) in [5.41, 5.74) is 8.25. The molecule has 6 heteroatoms. The molecular weight excluding hydrogens is 520 g/mol. The predicted molar refractivity (Wildman–Crippen MR) is 167 cm³/mol. The zero-order valence-electron chi connectivity index (χ0n) is 24.0. The van der Waals surface area contributed by atoms with Gasteiger partial charge in [-0.25, -0.2) is 9.78 Å². The summed E-state index contributed by atoms with van der Waals surface area (Å²) in [4.78, 5) is 17.1. The topological polar surface area (TPSA) is 80.9 Å². The Labute approximate surface area is 245 Å². The Hall–Kier alpha value is -5.10. The summed E-state index contributed by atoms with van der Waals surface area (Å²) in [5.74, 6) is 0.0390. The molecule has 0 aliphatic carbocycles. The van der Waals surface area contributed by atoms with Gasteiger partial charge in [-0.05, 0) is 28.2 Å². The first-order valence-electron chi connectivity index (χ1n) is 14.1. The highest BCUT2D eigenvalue weighted by Crippen LogP contribution is 2.35. The summed E-state index contributed by atoms with van der Waals surface area (Å²) in [5, 5.41) is 19.2. The van der Waals surface area contributed by atoms with E-state index in [1.54, 1.807) is 12.1 Å². The van der Waals surface area contributed by atoms with Crippen LogP contribution in [-0.4, -0.2) is 30.8 Å². The minimum atomic E-state index is -0.935. The van der Waals surface area contributed by atoms with E-state index in [0.29, 0.717) is 12.1 Å². The third-order valence-electron chi connectivity index (χ3n) is 7.29. The average molecular weight is 553 g/mol. The lowest BCUT2D eigenvalue weighted by Gasteiger charge is -2.19. The molecule has 0 unspecified atom stereocenters. The molecule has 1 N–H and O–H groups in total. The largest absolute Gasteiger partial charge is 0.478 e. The minimum absolute atomic E-state index is 0.00417. The predicted octanol–water partition coefficient (Wildman–Crippen LogP) is 8.16. The van der Waals surface area contributed by atoms with Crippen molar-refractivity contribution in [1.29, 1.82) is 0 Å². The molecule has 2 aromatic heterocycles. The number of aromatic carboxylic acids is 1. The SMILES string of the molecule is CC(C)(C)Cc1nc2c(-c3ccccc3)nnc(-c3ccccc3)c2n1Cc1ccc(-c2ccccc2C(=O)O)cc1. The fourth-order valence-corrected chi connectivity index (χ4v) is 5.35. The summed E-state index contributed by atoms with van der Waals surface area (Å²) in [6.07, 6.45) is 0.772. The number of carboxylic acid groups (broad SMARTS) is 1. The maximum Gasteiger partial charge on any atom is 0.336 e. The highest BCUT2D eigenvalue weighted by Gasteiger charge is 2.24. The maximum absolute atomic E-state index is 11.8. The summed E-state index contributed by atoms with van der Waals surface area (Å²) < 4.78 is 2.28. The maximum atomic E-state index is 11.8. The molecule has 42 heavy (non-hydrogen) atoms. The van der Waals surface area contributed by atoms with Crippen LogP contribution >= 0.6 is 0 Å². The Balaban J connectivity index is 1.52. The molecule has 2 heterocycles. The van der Waals surface area contributed by atoms with E-state index in [1.165, 1.54) is 0 Å². The zero-order valence-corrected chi connectivity index (χ0v) is 24.0. The standard InChI is InChI=1S/C36H32N4O2/c1-36(2,3)22-30-37-33-31(26-12-6-4-7-13-26)38-39-32(27-14-8-5-9-15-27)34(33)40(30)23-24-18-20-25(21-19-24)28-16-10-11-17-29(28)35(41)42/h4-21H,22-23H2,1-3H3,(H,41,42). The van der Waals surface area contributed by atoms with Gasteiger partial charge in [-0.2, -0.15) is 0 Å². The first-order chi connectivity index (χ1) is 20.3. The number of hydrogen-bond acceptors (Lipinski definition) is 4. The van der Waals surface area contributed by atoms with Crippen molar-refractivity contribution in [3.05, 3.63) is 126 Å². The van der Waals surface area contributed by atoms with Gasteiger partial charge in [0.05, 0.1) is 11.1 Å². The number of aromatic nitrogens is 4. The number of benzene rings is 4. The van der Waals surface area contributed by atoms with Gasteiger partial charge in [0, 0.05) is 24.1 Å². The van der Waals surface area contributed by atoms with Gasteiger partial charge >= 0.3 is 5.97 Å². The van der Waals surface area contributed by atoms with Crippen LogP contribution in [0.2, 0.25) is 0 Å². The van der Waals surface area contributed by atoms with Gasteiger partial charge in [0.25, 0.3) is 0 Å². The summed E-state index contributed by atoms with van der Waals surface area (Å²) in [6, 6.07) is 35.4. The Bertz CT molecular complexity index is 1870. The quantitative estimate of drug-likeness (QED) is 0.216. The van der Waals surface area contributed by atoms with Gasteiger partial charge in [-0.1, -0.05) is 124 Å². The molecular formula is C36H32N4O2. The smallest absolute Gasteiger partial charge is 0.336 e. The van der Waals surface area contributed by atoms with Crippen LogP contribution in [-0.2, 0) is 13.0 Å². The molecule has 0 fully saturated rings. The molecule has 0 spiro atoms. The number of hydrogen-bond donors (Lipinski definition) is 1. The van der Waals surface area contributed by atoms with E-state index < -0.39 is 5.97 Å². The van der Waals surface area contributed by atoms with Crippen molar-refractivity contribution >= 4 is 17.0 Å². The van der Waals surface area contributed by atoms with Gasteiger partial charge in [0.1, 0.15) is 22.7 Å². The van der Waals surface area contributed by atoms with Crippen molar-refractivity contribution < 1.29 is 9.90 Å². The van der Waals surface area contributed by atoms with Gasteiger partial charge in [-0.15, -0.1) is 10.2 Å². The molecule has 208 valence electrons. The Kier molecular flexibility index (Phi) is 7.13. The Morgan fingerprint density at radius 2 is 1.29 bits per heavy atom. The monoisotopic (exact) mass is 552 g/mol. The van der Waals surface area contributed by atoms with Crippen LogP contribution in [0.5, 0.6) is 0 Å². The van der Waals surface area contributed by atoms with E-state index >= 15 is 0 Å². The lowest BCUT2D eigenvalue weighted by Crippen LogP contribution is -2.15. The molecule has 0 atom stereocenters. The summed E-state index contributed by atoms with van der Waals surface area (Å²) in [7, 11) is 0. The molecule has 4 aromatic carbocycles. The first-order valence-corrected chi connectivity index (χ1v) is 14.1. The molecule has 0 radical (unpaired) electrons. The first kappa shape index (κ1) is 27.1.